The van der Waals surface area contributed by atoms with E-state index in [0.29, 0.717) is 24.4 Å². The maximum Gasteiger partial charge on any atom is 0.193 e. The number of methoxy groups -OCH3 is 1. The Kier molecular flexibility index (Phi) is 5.72. The van der Waals surface area contributed by atoms with Crippen molar-refractivity contribution in [3.05, 3.63) is 82.8 Å². The van der Waals surface area contributed by atoms with E-state index in [-0.39, 0.29) is 5.43 Å². The van der Waals surface area contributed by atoms with Gasteiger partial charge in [0.2, 0.25) is 0 Å². The Labute approximate surface area is 169 Å². The van der Waals surface area contributed by atoms with Crippen LogP contribution < -0.4 is 16.1 Å². The molecule has 0 saturated carbocycles. The van der Waals surface area contributed by atoms with Crippen LogP contribution in [0.4, 0.5) is 11.6 Å². The first kappa shape index (κ1) is 19.0. The summed E-state index contributed by atoms with van der Waals surface area (Å²) < 4.78 is 7.16. The third kappa shape index (κ3) is 4.22. The highest BCUT2D eigenvalue weighted by Gasteiger charge is 2.13. The molecular weight excluding hydrogens is 364 g/mol. The second kappa shape index (κ2) is 8.75. The van der Waals surface area contributed by atoms with Gasteiger partial charge in [0.1, 0.15) is 11.6 Å². The van der Waals surface area contributed by atoms with E-state index >= 15 is 0 Å². The zero-order valence-electron chi connectivity index (χ0n) is 16.4. The Morgan fingerprint density at radius 1 is 1.17 bits per heavy atom. The van der Waals surface area contributed by atoms with E-state index in [1.165, 1.54) is 0 Å². The molecular formula is C23H24N4O2. The van der Waals surface area contributed by atoms with Crippen LogP contribution in [0.2, 0.25) is 0 Å². The molecule has 0 radical (unpaired) electrons. The van der Waals surface area contributed by atoms with Crippen molar-refractivity contribution in [1.82, 2.24) is 9.55 Å². The number of rotatable bonds is 7. The third-order valence-corrected chi connectivity index (χ3v) is 4.79. The topological polar surface area (TPSA) is 68.2 Å². The molecule has 2 heterocycles. The van der Waals surface area contributed by atoms with Gasteiger partial charge in [-0.3, -0.25) is 9.36 Å². The zero-order valence-corrected chi connectivity index (χ0v) is 16.4. The third-order valence-electron chi connectivity index (χ3n) is 4.79. The predicted molar refractivity (Wildman–Crippen MR) is 118 cm³/mol. The summed E-state index contributed by atoms with van der Waals surface area (Å²) in [5, 5.41) is 7.25. The molecule has 1 aliphatic rings. The maximum absolute atomic E-state index is 12.8. The van der Waals surface area contributed by atoms with Crippen LogP contribution in [-0.2, 0) is 4.74 Å². The molecule has 0 unspecified atom stereocenters. The van der Waals surface area contributed by atoms with E-state index in [4.69, 9.17) is 4.74 Å². The van der Waals surface area contributed by atoms with Crippen molar-refractivity contribution in [1.29, 1.82) is 0 Å². The molecule has 3 aromatic rings. The van der Waals surface area contributed by atoms with Gasteiger partial charge in [-0.2, -0.15) is 0 Å². The van der Waals surface area contributed by atoms with Crippen LogP contribution in [0.3, 0.4) is 0 Å². The first-order valence-electron chi connectivity index (χ1n) is 9.74. The summed E-state index contributed by atoms with van der Waals surface area (Å²) >= 11 is 0. The number of fused-ring (bicyclic) bond motifs is 1. The highest BCUT2D eigenvalue weighted by molar-refractivity contribution is 5.85. The number of ether oxygens (including phenoxy) is 1. The quantitative estimate of drug-likeness (QED) is 0.597. The van der Waals surface area contributed by atoms with Crippen molar-refractivity contribution < 1.29 is 4.74 Å². The lowest BCUT2D eigenvalue weighted by Crippen LogP contribution is -2.15. The molecule has 0 amide bonds. The van der Waals surface area contributed by atoms with Gasteiger partial charge in [0.05, 0.1) is 17.5 Å². The van der Waals surface area contributed by atoms with Gasteiger partial charge < -0.3 is 15.4 Å². The van der Waals surface area contributed by atoms with Gasteiger partial charge in [-0.15, -0.1) is 0 Å². The Morgan fingerprint density at radius 3 is 2.79 bits per heavy atom. The number of hydrogen-bond acceptors (Lipinski definition) is 5. The van der Waals surface area contributed by atoms with E-state index in [2.05, 4.69) is 38.4 Å². The van der Waals surface area contributed by atoms with Crippen molar-refractivity contribution in [3.63, 3.8) is 0 Å². The molecule has 0 bridgehead atoms. The number of aromatic nitrogens is 2. The zero-order chi connectivity index (χ0) is 20.1. The fourth-order valence-corrected chi connectivity index (χ4v) is 3.39. The van der Waals surface area contributed by atoms with Crippen molar-refractivity contribution in [3.8, 4) is 5.69 Å². The summed E-state index contributed by atoms with van der Waals surface area (Å²) in [6, 6.07) is 13.6. The van der Waals surface area contributed by atoms with Crippen LogP contribution in [0, 0.1) is 0 Å². The summed E-state index contributed by atoms with van der Waals surface area (Å²) in [5.74, 6) is 1.42. The van der Waals surface area contributed by atoms with Crippen molar-refractivity contribution in [2.75, 3.05) is 30.9 Å². The number of para-hydroxylation sites is 1. The predicted octanol–water partition coefficient (Wildman–Crippen LogP) is 4.09. The highest BCUT2D eigenvalue weighted by Crippen LogP contribution is 2.25. The lowest BCUT2D eigenvalue weighted by atomic mass is 10.1. The van der Waals surface area contributed by atoms with Gasteiger partial charge in [0, 0.05) is 43.4 Å². The van der Waals surface area contributed by atoms with E-state index in [0.717, 1.165) is 35.6 Å². The minimum Gasteiger partial charge on any atom is -0.383 e. The van der Waals surface area contributed by atoms with Crippen LogP contribution in [0.15, 0.2) is 77.4 Å². The second-order valence-corrected chi connectivity index (χ2v) is 6.84. The number of pyridine rings is 2. The lowest BCUT2D eigenvalue weighted by molar-refractivity contribution is 0.210. The molecule has 1 aliphatic carbocycles. The van der Waals surface area contributed by atoms with Crippen molar-refractivity contribution in [2.45, 2.75) is 12.8 Å². The standard InChI is InChI=1S/C23H24N4O2/c1-29-13-12-24-22-14-20-19(16-25-22)21(28)15-23(26-17-8-4-2-5-9-17)27(20)18-10-6-3-7-11-18/h3-4,6-11,14-16,26H,2,5,12-13H2,1H3,(H,24,25). The fraction of sp³-hybridized carbons (Fsp3) is 0.217. The number of nitrogens with one attached hydrogen (secondary N) is 2. The number of allylic oxidation sites excluding steroid dienone is 3. The monoisotopic (exact) mass is 388 g/mol. The molecule has 1 aromatic carbocycles. The van der Waals surface area contributed by atoms with Crippen LogP contribution in [-0.4, -0.2) is 29.8 Å². The number of nitrogens with zero attached hydrogens (tertiary/aromatic N) is 2. The minimum absolute atomic E-state index is 0.0639. The molecule has 0 saturated heterocycles. The van der Waals surface area contributed by atoms with Crippen LogP contribution in [0.25, 0.3) is 16.6 Å². The van der Waals surface area contributed by atoms with Crippen LogP contribution >= 0.6 is 0 Å². The minimum atomic E-state index is -0.0639. The van der Waals surface area contributed by atoms with Crippen molar-refractivity contribution >= 4 is 22.5 Å². The van der Waals surface area contributed by atoms with Gasteiger partial charge >= 0.3 is 0 Å². The van der Waals surface area contributed by atoms with E-state index in [1.807, 2.05) is 36.4 Å². The first-order valence-corrected chi connectivity index (χ1v) is 9.74. The average Bonchev–Trinajstić information content (AvgIpc) is 2.75. The molecule has 4 rings (SSSR count). The number of hydrogen-bond donors (Lipinski definition) is 2. The summed E-state index contributed by atoms with van der Waals surface area (Å²) in [6.45, 7) is 1.22. The number of benzene rings is 1. The summed E-state index contributed by atoms with van der Waals surface area (Å²) in [5.41, 5.74) is 2.69. The van der Waals surface area contributed by atoms with Gasteiger partial charge in [0.15, 0.2) is 5.43 Å². The van der Waals surface area contributed by atoms with Gasteiger partial charge in [-0.25, -0.2) is 4.98 Å². The molecule has 0 aliphatic heterocycles. The fourth-order valence-electron chi connectivity index (χ4n) is 3.39. The van der Waals surface area contributed by atoms with Crippen LogP contribution in [0.1, 0.15) is 12.8 Å². The molecule has 148 valence electrons. The Morgan fingerprint density at radius 2 is 2.03 bits per heavy atom. The molecule has 2 aromatic heterocycles. The first-order chi connectivity index (χ1) is 14.3. The van der Waals surface area contributed by atoms with E-state index in [1.54, 1.807) is 19.4 Å². The summed E-state index contributed by atoms with van der Waals surface area (Å²) in [4.78, 5) is 17.2. The smallest absolute Gasteiger partial charge is 0.193 e. The molecule has 6 heteroatoms. The number of anilines is 2. The molecule has 2 N–H and O–H groups in total. The van der Waals surface area contributed by atoms with Gasteiger partial charge in [-0.1, -0.05) is 30.4 Å². The Balaban J connectivity index is 1.87. The normalized spacial score (nSPS) is 13.3. The lowest BCUT2D eigenvalue weighted by Gasteiger charge is -2.20. The molecule has 0 atom stereocenters. The molecule has 6 nitrogen and oxygen atoms in total. The summed E-state index contributed by atoms with van der Waals surface area (Å²) in [7, 11) is 1.66. The second-order valence-electron chi connectivity index (χ2n) is 6.84. The summed E-state index contributed by atoms with van der Waals surface area (Å²) in [6.07, 6.45) is 9.99. The Bertz CT molecular complexity index is 1120. The Hall–Kier alpha value is -3.38. The van der Waals surface area contributed by atoms with Crippen molar-refractivity contribution in [2.24, 2.45) is 0 Å². The van der Waals surface area contributed by atoms with E-state index in [9.17, 15) is 4.79 Å². The molecule has 29 heavy (non-hydrogen) atoms. The van der Waals surface area contributed by atoms with Crippen LogP contribution in [0.5, 0.6) is 0 Å². The highest BCUT2D eigenvalue weighted by atomic mass is 16.5. The van der Waals surface area contributed by atoms with Gasteiger partial charge in [-0.05, 0) is 31.1 Å². The maximum atomic E-state index is 12.8. The average molecular weight is 388 g/mol. The SMILES string of the molecule is COCCNc1cc2c(cn1)c(=O)cc(NC1=CCCC=C1)n2-c1ccccc1. The van der Waals surface area contributed by atoms with E-state index < -0.39 is 0 Å². The molecule has 0 fully saturated rings. The molecule has 0 spiro atoms. The largest absolute Gasteiger partial charge is 0.383 e. The van der Waals surface area contributed by atoms with Gasteiger partial charge in [0.25, 0.3) is 0 Å².